The Morgan fingerprint density at radius 2 is 1.69 bits per heavy atom. The molecule has 0 bridgehead atoms. The zero-order valence-electron chi connectivity index (χ0n) is 19.0. The number of rotatable bonds is 6. The minimum absolute atomic E-state index is 0.0313. The third kappa shape index (κ3) is 4.02. The molecule has 0 saturated carbocycles. The fourth-order valence-corrected chi connectivity index (χ4v) is 4.90. The molecule has 0 aliphatic carbocycles. The molecule has 0 fully saturated rings. The third-order valence-corrected chi connectivity index (χ3v) is 6.81. The molecule has 0 amide bonds. The zero-order valence-corrected chi connectivity index (χ0v) is 19.8. The lowest BCUT2D eigenvalue weighted by Gasteiger charge is -2.16. The Labute approximate surface area is 204 Å². The van der Waals surface area contributed by atoms with Gasteiger partial charge in [0.25, 0.3) is 5.56 Å². The van der Waals surface area contributed by atoms with E-state index < -0.39 is 16.9 Å². The molecule has 0 saturated heterocycles. The van der Waals surface area contributed by atoms with Crippen LogP contribution >= 0.6 is 11.8 Å². The number of nitrogens with zero attached hydrogens (tertiary/aromatic N) is 1. The molecular formula is C27H21NO6S. The monoisotopic (exact) mass is 487 g/mol. The van der Waals surface area contributed by atoms with Crippen LogP contribution in [0.1, 0.15) is 5.56 Å². The number of fused-ring (bicyclic) bond motifs is 3. The standard InChI is InChI=1S/C27H21NO6S/c1-32-17-12-13-19-20(14-17)28(15-16-8-6-7-11-21(16)33-2)26(30)22-23(29)25(27(31)34-24(19)22)35-18-9-4-3-5-10-18/h3-14,29H,15H2,1-2H3. The summed E-state index contributed by atoms with van der Waals surface area (Å²) in [6.45, 7) is 0.169. The molecule has 0 unspecified atom stereocenters. The van der Waals surface area contributed by atoms with E-state index in [1.807, 2.05) is 42.5 Å². The van der Waals surface area contributed by atoms with E-state index >= 15 is 0 Å². The number of hydrogen-bond donors (Lipinski definition) is 1. The number of ether oxygens (including phenoxy) is 2. The molecule has 176 valence electrons. The van der Waals surface area contributed by atoms with E-state index in [9.17, 15) is 14.7 Å². The predicted octanol–water partition coefficient (Wildman–Crippen LogP) is 5.03. The average Bonchev–Trinajstić information content (AvgIpc) is 2.89. The Bertz CT molecular complexity index is 1670. The lowest BCUT2D eigenvalue weighted by molar-refractivity contribution is 0.408. The molecule has 5 aromatic rings. The number of para-hydroxylation sites is 1. The molecule has 1 N–H and O–H groups in total. The molecule has 0 atom stereocenters. The molecule has 5 rings (SSSR count). The maximum atomic E-state index is 13.8. The number of methoxy groups -OCH3 is 2. The van der Waals surface area contributed by atoms with E-state index in [0.717, 1.165) is 22.2 Å². The van der Waals surface area contributed by atoms with Crippen LogP contribution in [0.25, 0.3) is 21.9 Å². The highest BCUT2D eigenvalue weighted by atomic mass is 32.2. The molecule has 2 aromatic heterocycles. The van der Waals surface area contributed by atoms with Gasteiger partial charge < -0.3 is 23.6 Å². The van der Waals surface area contributed by atoms with E-state index in [1.54, 1.807) is 37.4 Å². The Morgan fingerprint density at radius 1 is 0.943 bits per heavy atom. The summed E-state index contributed by atoms with van der Waals surface area (Å²) < 4.78 is 18.0. The number of aromatic hydroxyl groups is 1. The smallest absolute Gasteiger partial charge is 0.354 e. The van der Waals surface area contributed by atoms with Gasteiger partial charge in [-0.3, -0.25) is 4.79 Å². The van der Waals surface area contributed by atoms with Gasteiger partial charge in [-0.1, -0.05) is 48.2 Å². The third-order valence-electron chi connectivity index (χ3n) is 5.74. The molecular weight excluding hydrogens is 466 g/mol. The Balaban J connectivity index is 1.82. The fourth-order valence-electron chi connectivity index (χ4n) is 4.05. The summed E-state index contributed by atoms with van der Waals surface area (Å²) in [5.74, 6) is 0.758. The first-order valence-electron chi connectivity index (χ1n) is 10.8. The van der Waals surface area contributed by atoms with Crippen LogP contribution in [0.4, 0.5) is 0 Å². The number of hydrogen-bond acceptors (Lipinski definition) is 7. The second-order valence-corrected chi connectivity index (χ2v) is 8.86. The van der Waals surface area contributed by atoms with Crippen molar-refractivity contribution in [2.75, 3.05) is 14.2 Å². The van der Waals surface area contributed by atoms with Crippen molar-refractivity contribution in [3.8, 4) is 17.2 Å². The molecule has 3 aromatic carbocycles. The van der Waals surface area contributed by atoms with Crippen LogP contribution in [-0.2, 0) is 6.54 Å². The second kappa shape index (κ2) is 9.23. The van der Waals surface area contributed by atoms with E-state index in [4.69, 9.17) is 13.9 Å². The van der Waals surface area contributed by atoms with Gasteiger partial charge in [0, 0.05) is 21.9 Å². The van der Waals surface area contributed by atoms with Crippen LogP contribution in [0, 0.1) is 0 Å². The minimum Gasteiger partial charge on any atom is -0.505 e. The Morgan fingerprint density at radius 3 is 2.43 bits per heavy atom. The van der Waals surface area contributed by atoms with Crippen molar-refractivity contribution in [3.63, 3.8) is 0 Å². The van der Waals surface area contributed by atoms with E-state index in [1.165, 1.54) is 11.7 Å². The van der Waals surface area contributed by atoms with Crippen LogP contribution in [0.3, 0.4) is 0 Å². The van der Waals surface area contributed by atoms with Gasteiger partial charge in [-0.15, -0.1) is 0 Å². The van der Waals surface area contributed by atoms with E-state index in [0.29, 0.717) is 22.4 Å². The highest BCUT2D eigenvalue weighted by Crippen LogP contribution is 2.37. The summed E-state index contributed by atoms with van der Waals surface area (Å²) in [6.07, 6.45) is 0. The van der Waals surface area contributed by atoms with Crippen molar-refractivity contribution in [2.24, 2.45) is 0 Å². The van der Waals surface area contributed by atoms with Gasteiger partial charge in [0.15, 0.2) is 11.3 Å². The lowest BCUT2D eigenvalue weighted by Crippen LogP contribution is -2.23. The van der Waals surface area contributed by atoms with Crippen molar-refractivity contribution in [1.82, 2.24) is 4.57 Å². The number of aromatic nitrogens is 1. The molecule has 0 aliphatic rings. The molecule has 7 nitrogen and oxygen atoms in total. The molecule has 0 radical (unpaired) electrons. The SMILES string of the molecule is COc1ccc2c3oc(=O)c(Sc4ccccc4)c(O)c3c(=O)n(Cc3ccccc3OC)c2c1. The highest BCUT2D eigenvalue weighted by molar-refractivity contribution is 7.99. The van der Waals surface area contributed by atoms with Crippen molar-refractivity contribution in [2.45, 2.75) is 16.3 Å². The van der Waals surface area contributed by atoms with Crippen LogP contribution in [0.15, 0.2) is 96.6 Å². The summed E-state index contributed by atoms with van der Waals surface area (Å²) >= 11 is 1.05. The first-order valence-corrected chi connectivity index (χ1v) is 11.6. The Kier molecular flexibility index (Phi) is 5.96. The fraction of sp³-hybridized carbons (Fsp3) is 0.111. The Hall–Kier alpha value is -4.17. The van der Waals surface area contributed by atoms with Crippen LogP contribution < -0.4 is 20.7 Å². The maximum absolute atomic E-state index is 13.8. The van der Waals surface area contributed by atoms with Gasteiger partial charge in [0.05, 0.1) is 26.3 Å². The van der Waals surface area contributed by atoms with Crippen LogP contribution in [0.2, 0.25) is 0 Å². The normalized spacial score (nSPS) is 11.1. The van der Waals surface area contributed by atoms with Crippen molar-refractivity contribution >= 4 is 33.6 Å². The van der Waals surface area contributed by atoms with Crippen molar-refractivity contribution in [3.05, 3.63) is 99.1 Å². The second-order valence-electron chi connectivity index (χ2n) is 7.77. The maximum Gasteiger partial charge on any atom is 0.354 e. The van der Waals surface area contributed by atoms with Crippen LogP contribution in [0.5, 0.6) is 17.2 Å². The molecule has 35 heavy (non-hydrogen) atoms. The highest BCUT2D eigenvalue weighted by Gasteiger charge is 2.23. The van der Waals surface area contributed by atoms with Gasteiger partial charge in [-0.2, -0.15) is 0 Å². The van der Waals surface area contributed by atoms with E-state index in [2.05, 4.69) is 0 Å². The quantitative estimate of drug-likeness (QED) is 0.336. The number of benzene rings is 3. The van der Waals surface area contributed by atoms with Crippen molar-refractivity contribution in [1.29, 1.82) is 0 Å². The van der Waals surface area contributed by atoms with Gasteiger partial charge >= 0.3 is 5.63 Å². The summed E-state index contributed by atoms with van der Waals surface area (Å²) in [4.78, 5) is 27.4. The number of pyridine rings is 1. The minimum atomic E-state index is -0.720. The summed E-state index contributed by atoms with van der Waals surface area (Å²) in [5.41, 5.74) is 0.0876. The zero-order chi connectivity index (χ0) is 24.5. The first-order chi connectivity index (χ1) is 17.0. The van der Waals surface area contributed by atoms with Crippen LogP contribution in [-0.4, -0.2) is 23.9 Å². The van der Waals surface area contributed by atoms with Crippen molar-refractivity contribution < 1.29 is 19.0 Å². The molecule has 8 heteroatoms. The van der Waals surface area contributed by atoms with Gasteiger partial charge in [-0.25, -0.2) is 4.79 Å². The lowest BCUT2D eigenvalue weighted by atomic mass is 10.1. The average molecular weight is 488 g/mol. The van der Waals surface area contributed by atoms with E-state index in [-0.39, 0.29) is 22.4 Å². The van der Waals surface area contributed by atoms with Gasteiger partial charge in [0.2, 0.25) is 0 Å². The molecule has 2 heterocycles. The summed E-state index contributed by atoms with van der Waals surface area (Å²) in [7, 11) is 3.10. The van der Waals surface area contributed by atoms with Gasteiger partial charge in [-0.05, 0) is 30.3 Å². The largest absolute Gasteiger partial charge is 0.505 e. The summed E-state index contributed by atoms with van der Waals surface area (Å²) in [6, 6.07) is 21.6. The topological polar surface area (TPSA) is 90.9 Å². The first kappa shape index (κ1) is 22.6. The molecule has 0 spiro atoms. The molecule has 0 aliphatic heterocycles. The summed E-state index contributed by atoms with van der Waals surface area (Å²) in [5, 5.41) is 11.6. The predicted molar refractivity (Wildman–Crippen MR) is 135 cm³/mol. The van der Waals surface area contributed by atoms with Gasteiger partial charge in [0.1, 0.15) is 21.8 Å².